The van der Waals surface area contributed by atoms with E-state index < -0.39 is 0 Å². The highest BCUT2D eigenvalue weighted by molar-refractivity contribution is 4.65. The van der Waals surface area contributed by atoms with Crippen molar-refractivity contribution in [1.29, 1.82) is 0 Å². The molecule has 0 aromatic heterocycles. The van der Waals surface area contributed by atoms with E-state index >= 15 is 0 Å². The average molecular weight is 142 g/mol. The van der Waals surface area contributed by atoms with Gasteiger partial charge in [-0.1, -0.05) is 26.8 Å². The Morgan fingerprint density at radius 3 is 2.40 bits per heavy atom. The quantitative estimate of drug-likeness (QED) is 0.433. The summed E-state index contributed by atoms with van der Waals surface area (Å²) in [7, 11) is 0. The minimum atomic E-state index is 0.390. The summed E-state index contributed by atoms with van der Waals surface area (Å²) in [4.78, 5) is 0. The Labute approximate surface area is 64.1 Å². The molecule has 1 nitrogen and oxygen atoms in total. The molecule has 0 aliphatic rings. The van der Waals surface area contributed by atoms with Crippen molar-refractivity contribution in [3.8, 4) is 0 Å². The normalized spacial score (nSPS) is 11.5. The lowest BCUT2D eigenvalue weighted by Gasteiger charge is -2.16. The Balaban J connectivity index is 3.12. The molecule has 1 heteroatoms. The molecular weight excluding hydrogens is 124 g/mol. The Bertz CT molecular complexity index is 89.4. The van der Waals surface area contributed by atoms with Gasteiger partial charge < -0.3 is 4.74 Å². The lowest BCUT2D eigenvalue weighted by molar-refractivity contribution is 0.131. The van der Waals surface area contributed by atoms with E-state index in [1.807, 2.05) is 0 Å². The lowest BCUT2D eigenvalue weighted by Crippen LogP contribution is -2.09. The maximum atomic E-state index is 5.24. The lowest BCUT2D eigenvalue weighted by atomic mass is 9.93. The summed E-state index contributed by atoms with van der Waals surface area (Å²) in [6, 6.07) is 0. The van der Waals surface area contributed by atoms with E-state index in [1.54, 1.807) is 6.08 Å². The third-order valence-corrected chi connectivity index (χ3v) is 1.23. The predicted octanol–water partition coefficient (Wildman–Crippen LogP) is 2.63. The van der Waals surface area contributed by atoms with Crippen LogP contribution in [0.4, 0.5) is 0 Å². The van der Waals surface area contributed by atoms with E-state index in [4.69, 9.17) is 4.74 Å². The molecule has 0 aromatic carbocycles. The van der Waals surface area contributed by atoms with Gasteiger partial charge in [-0.25, -0.2) is 0 Å². The van der Waals surface area contributed by atoms with Crippen LogP contribution in [-0.4, -0.2) is 13.2 Å². The molecule has 0 heterocycles. The fourth-order valence-corrected chi connectivity index (χ4v) is 0.545. The van der Waals surface area contributed by atoms with Gasteiger partial charge in [0.2, 0.25) is 0 Å². The zero-order valence-corrected chi connectivity index (χ0v) is 7.31. The Kier molecular flexibility index (Phi) is 4.37. The van der Waals surface area contributed by atoms with E-state index in [-0.39, 0.29) is 0 Å². The van der Waals surface area contributed by atoms with Gasteiger partial charge in [0.05, 0.1) is 6.61 Å². The summed E-state index contributed by atoms with van der Waals surface area (Å²) in [5.74, 6) is 0. The number of ether oxygens (including phenoxy) is 1. The first-order valence-electron chi connectivity index (χ1n) is 3.75. The smallest absolute Gasteiger partial charge is 0.0644 e. The third-order valence-electron chi connectivity index (χ3n) is 1.23. The van der Waals surface area contributed by atoms with Gasteiger partial charge in [-0.05, 0) is 11.8 Å². The van der Waals surface area contributed by atoms with Crippen LogP contribution in [0.25, 0.3) is 0 Å². The van der Waals surface area contributed by atoms with Crippen molar-refractivity contribution in [2.45, 2.75) is 27.2 Å². The van der Waals surface area contributed by atoms with E-state index in [2.05, 4.69) is 27.4 Å². The van der Waals surface area contributed by atoms with Crippen LogP contribution in [0.1, 0.15) is 27.2 Å². The molecule has 0 amide bonds. The summed E-state index contributed by atoms with van der Waals surface area (Å²) in [5.41, 5.74) is 0.390. The maximum Gasteiger partial charge on any atom is 0.0644 e. The van der Waals surface area contributed by atoms with E-state index in [1.165, 1.54) is 0 Å². The van der Waals surface area contributed by atoms with Crippen LogP contribution in [0, 0.1) is 5.41 Å². The Morgan fingerprint density at radius 2 is 2.00 bits per heavy atom. The molecule has 0 fully saturated rings. The average Bonchev–Trinajstić information content (AvgIpc) is 1.78. The molecule has 0 atom stereocenters. The monoisotopic (exact) mass is 142 g/mol. The van der Waals surface area contributed by atoms with Crippen molar-refractivity contribution >= 4 is 0 Å². The molecule has 0 N–H and O–H groups in total. The standard InChI is InChI=1S/C9H18O/c1-5-7-10-8-6-9(2,3)4/h5H,1,6-8H2,2-4H3. The van der Waals surface area contributed by atoms with E-state index in [0.29, 0.717) is 12.0 Å². The Morgan fingerprint density at radius 1 is 1.40 bits per heavy atom. The van der Waals surface area contributed by atoms with Gasteiger partial charge in [0, 0.05) is 6.61 Å². The molecule has 0 aliphatic heterocycles. The zero-order chi connectivity index (χ0) is 8.04. The van der Waals surface area contributed by atoms with Crippen LogP contribution >= 0.6 is 0 Å². The van der Waals surface area contributed by atoms with Gasteiger partial charge in [0.15, 0.2) is 0 Å². The molecular formula is C9H18O. The first-order valence-corrected chi connectivity index (χ1v) is 3.75. The highest BCUT2D eigenvalue weighted by Crippen LogP contribution is 2.17. The van der Waals surface area contributed by atoms with Crippen molar-refractivity contribution in [3.05, 3.63) is 12.7 Å². The SMILES string of the molecule is C=CCOCCC(C)(C)C. The summed E-state index contributed by atoms with van der Waals surface area (Å²) >= 11 is 0. The van der Waals surface area contributed by atoms with Crippen molar-refractivity contribution in [2.24, 2.45) is 5.41 Å². The zero-order valence-electron chi connectivity index (χ0n) is 7.31. The molecule has 0 unspecified atom stereocenters. The van der Waals surface area contributed by atoms with Gasteiger partial charge in [-0.2, -0.15) is 0 Å². The fourth-order valence-electron chi connectivity index (χ4n) is 0.545. The molecule has 0 bridgehead atoms. The van der Waals surface area contributed by atoms with E-state index in [0.717, 1.165) is 13.0 Å². The number of rotatable bonds is 4. The minimum Gasteiger partial charge on any atom is -0.377 e. The number of hydrogen-bond acceptors (Lipinski definition) is 1. The second kappa shape index (κ2) is 4.51. The van der Waals surface area contributed by atoms with E-state index in [9.17, 15) is 0 Å². The van der Waals surface area contributed by atoms with Gasteiger partial charge in [0.1, 0.15) is 0 Å². The molecule has 0 aliphatic carbocycles. The van der Waals surface area contributed by atoms with Crippen molar-refractivity contribution in [2.75, 3.05) is 13.2 Å². The topological polar surface area (TPSA) is 9.23 Å². The van der Waals surface area contributed by atoms with Crippen LogP contribution in [0.5, 0.6) is 0 Å². The predicted molar refractivity (Wildman–Crippen MR) is 45.1 cm³/mol. The van der Waals surface area contributed by atoms with Crippen LogP contribution in [0.2, 0.25) is 0 Å². The van der Waals surface area contributed by atoms with Gasteiger partial charge >= 0.3 is 0 Å². The third kappa shape index (κ3) is 7.70. The Hall–Kier alpha value is -0.300. The maximum absolute atomic E-state index is 5.24. The molecule has 0 saturated heterocycles. The highest BCUT2D eigenvalue weighted by atomic mass is 16.5. The second-order valence-electron chi connectivity index (χ2n) is 3.67. The molecule has 0 aromatic rings. The summed E-state index contributed by atoms with van der Waals surface area (Å²) < 4.78 is 5.24. The summed E-state index contributed by atoms with van der Waals surface area (Å²) in [5, 5.41) is 0. The van der Waals surface area contributed by atoms with Crippen molar-refractivity contribution < 1.29 is 4.74 Å². The van der Waals surface area contributed by atoms with Crippen molar-refractivity contribution in [3.63, 3.8) is 0 Å². The number of hydrogen-bond donors (Lipinski definition) is 0. The molecule has 10 heavy (non-hydrogen) atoms. The van der Waals surface area contributed by atoms with Crippen LogP contribution in [0.15, 0.2) is 12.7 Å². The van der Waals surface area contributed by atoms with Crippen LogP contribution in [0.3, 0.4) is 0 Å². The molecule has 60 valence electrons. The summed E-state index contributed by atoms with van der Waals surface area (Å²) in [6.07, 6.45) is 2.89. The first kappa shape index (κ1) is 9.70. The summed E-state index contributed by atoms with van der Waals surface area (Å²) in [6.45, 7) is 11.7. The molecule has 0 spiro atoms. The fraction of sp³-hybridized carbons (Fsp3) is 0.778. The first-order chi connectivity index (χ1) is 4.56. The minimum absolute atomic E-state index is 0.390. The van der Waals surface area contributed by atoms with Crippen LogP contribution in [-0.2, 0) is 4.74 Å². The van der Waals surface area contributed by atoms with Crippen molar-refractivity contribution in [1.82, 2.24) is 0 Å². The highest BCUT2D eigenvalue weighted by Gasteiger charge is 2.08. The van der Waals surface area contributed by atoms with Gasteiger partial charge in [0.25, 0.3) is 0 Å². The molecule has 0 saturated carbocycles. The van der Waals surface area contributed by atoms with Gasteiger partial charge in [-0.15, -0.1) is 6.58 Å². The van der Waals surface area contributed by atoms with Crippen LogP contribution < -0.4 is 0 Å². The second-order valence-corrected chi connectivity index (χ2v) is 3.67. The van der Waals surface area contributed by atoms with Gasteiger partial charge in [-0.3, -0.25) is 0 Å². The molecule has 0 radical (unpaired) electrons. The molecule has 0 rings (SSSR count). The largest absolute Gasteiger partial charge is 0.377 e.